The number of halogens is 3. The summed E-state index contributed by atoms with van der Waals surface area (Å²) in [7, 11) is 0. The fraction of sp³-hybridized carbons (Fsp3) is 0.333. The van der Waals surface area contributed by atoms with Crippen LogP contribution in [0.5, 0.6) is 0 Å². The Kier molecular flexibility index (Phi) is 3.95. The number of nitrogens with zero attached hydrogens (tertiary/aromatic N) is 1. The third-order valence-electron chi connectivity index (χ3n) is 1.90. The Morgan fingerprint density at radius 2 is 2.27 bits per heavy atom. The average molecular weight is 327 g/mol. The summed E-state index contributed by atoms with van der Waals surface area (Å²) in [5, 5.41) is 8.63. The summed E-state index contributed by atoms with van der Waals surface area (Å²) in [5.41, 5.74) is 0.678. The lowest BCUT2D eigenvalue weighted by atomic mass is 10.1. The minimum atomic E-state index is -2.68. The van der Waals surface area contributed by atoms with Gasteiger partial charge in [-0.2, -0.15) is 0 Å². The van der Waals surface area contributed by atoms with E-state index in [0.717, 1.165) is 0 Å². The van der Waals surface area contributed by atoms with Crippen LogP contribution in [0.2, 0.25) is 0 Å². The lowest BCUT2D eigenvalue weighted by Gasteiger charge is -2.09. The number of hydrogen-bond acceptors (Lipinski definition) is 2. The van der Waals surface area contributed by atoms with Crippen molar-refractivity contribution in [2.45, 2.75) is 19.8 Å². The third-order valence-corrected chi connectivity index (χ3v) is 3.10. The number of alkyl halides is 2. The van der Waals surface area contributed by atoms with E-state index in [1.807, 2.05) is 0 Å². The van der Waals surface area contributed by atoms with Gasteiger partial charge in [0.25, 0.3) is 6.43 Å². The van der Waals surface area contributed by atoms with E-state index in [1.54, 1.807) is 29.5 Å². The number of carboxylic acid groups (broad SMARTS) is 1. The Labute approximate surface area is 98.7 Å². The van der Waals surface area contributed by atoms with E-state index in [2.05, 4.69) is 4.98 Å². The summed E-state index contributed by atoms with van der Waals surface area (Å²) in [4.78, 5) is 14.1. The second-order valence-electron chi connectivity index (χ2n) is 2.99. The van der Waals surface area contributed by atoms with Crippen LogP contribution < -0.4 is 0 Å². The van der Waals surface area contributed by atoms with Crippen LogP contribution in [0.4, 0.5) is 8.78 Å². The summed E-state index contributed by atoms with van der Waals surface area (Å²) in [6.45, 7) is 1.66. The fourth-order valence-corrected chi connectivity index (χ4v) is 2.14. The highest BCUT2D eigenvalue weighted by Crippen LogP contribution is 2.26. The normalized spacial score (nSPS) is 10.7. The number of aryl methyl sites for hydroxylation is 1. The highest BCUT2D eigenvalue weighted by atomic mass is 127. The Morgan fingerprint density at radius 3 is 2.73 bits per heavy atom. The molecule has 0 spiro atoms. The second kappa shape index (κ2) is 4.82. The van der Waals surface area contributed by atoms with Gasteiger partial charge in [0, 0.05) is 9.77 Å². The van der Waals surface area contributed by atoms with Gasteiger partial charge in [-0.3, -0.25) is 9.78 Å². The monoisotopic (exact) mass is 327 g/mol. The molecule has 0 aliphatic heterocycles. The Balaban J connectivity index is 3.23. The fourth-order valence-electron chi connectivity index (χ4n) is 1.15. The molecule has 82 valence electrons. The Bertz CT molecular complexity index is 396. The molecular weight excluding hydrogens is 319 g/mol. The van der Waals surface area contributed by atoms with Gasteiger partial charge in [0.15, 0.2) is 0 Å². The topological polar surface area (TPSA) is 50.2 Å². The molecule has 1 aromatic heterocycles. The first-order valence-electron chi connectivity index (χ1n) is 4.07. The summed E-state index contributed by atoms with van der Waals surface area (Å²) >= 11 is 1.71. The molecule has 0 radical (unpaired) electrons. The predicted octanol–water partition coefficient (Wildman–Crippen LogP) is 2.56. The maximum atomic E-state index is 12.5. The molecule has 0 saturated heterocycles. The summed E-state index contributed by atoms with van der Waals surface area (Å²) < 4.78 is 25.2. The SMILES string of the molecule is Cc1cnc(C(F)F)c(I)c1CC(=O)O. The molecule has 15 heavy (non-hydrogen) atoms. The van der Waals surface area contributed by atoms with Crippen LogP contribution >= 0.6 is 22.6 Å². The van der Waals surface area contributed by atoms with E-state index in [9.17, 15) is 13.6 Å². The summed E-state index contributed by atoms with van der Waals surface area (Å²) in [6.07, 6.45) is -1.65. The second-order valence-corrected chi connectivity index (χ2v) is 4.07. The molecule has 6 heteroatoms. The van der Waals surface area contributed by atoms with Crippen molar-refractivity contribution < 1.29 is 18.7 Å². The highest BCUT2D eigenvalue weighted by molar-refractivity contribution is 14.1. The van der Waals surface area contributed by atoms with Crippen LogP contribution in [0.1, 0.15) is 23.2 Å². The van der Waals surface area contributed by atoms with Gasteiger partial charge in [0.05, 0.1) is 6.42 Å². The number of carboxylic acids is 1. The van der Waals surface area contributed by atoms with E-state index in [0.29, 0.717) is 11.1 Å². The number of carbonyl (C=O) groups is 1. The molecular formula is C9H8F2INO2. The van der Waals surface area contributed by atoms with Crippen LogP contribution in [0.3, 0.4) is 0 Å². The van der Waals surface area contributed by atoms with Gasteiger partial charge in [0.2, 0.25) is 0 Å². The zero-order valence-corrected chi connectivity index (χ0v) is 9.96. The minimum absolute atomic E-state index is 0.241. The van der Waals surface area contributed by atoms with Gasteiger partial charge in [-0.1, -0.05) is 0 Å². The minimum Gasteiger partial charge on any atom is -0.481 e. The molecule has 0 unspecified atom stereocenters. The molecule has 1 aromatic rings. The van der Waals surface area contributed by atoms with Crippen LogP contribution in [-0.2, 0) is 11.2 Å². The lowest BCUT2D eigenvalue weighted by Crippen LogP contribution is -2.08. The van der Waals surface area contributed by atoms with Crippen molar-refractivity contribution in [1.82, 2.24) is 4.98 Å². The van der Waals surface area contributed by atoms with E-state index in [-0.39, 0.29) is 15.7 Å². The van der Waals surface area contributed by atoms with Crippen molar-refractivity contribution in [3.63, 3.8) is 0 Å². The third kappa shape index (κ3) is 2.83. The Hall–Kier alpha value is -0.790. The maximum Gasteiger partial charge on any atom is 0.307 e. The first kappa shape index (κ1) is 12.3. The van der Waals surface area contributed by atoms with Gasteiger partial charge >= 0.3 is 5.97 Å². The zero-order chi connectivity index (χ0) is 11.6. The standard InChI is InChI=1S/C9H8F2INO2/c1-4-3-13-8(9(10)11)7(12)5(4)2-6(14)15/h3,9H,2H2,1H3,(H,14,15). The van der Waals surface area contributed by atoms with Crippen LogP contribution in [0.15, 0.2) is 6.20 Å². The van der Waals surface area contributed by atoms with E-state index >= 15 is 0 Å². The molecule has 0 bridgehead atoms. The van der Waals surface area contributed by atoms with Crippen molar-refractivity contribution in [3.8, 4) is 0 Å². The van der Waals surface area contributed by atoms with Crippen molar-refractivity contribution in [3.05, 3.63) is 26.6 Å². The van der Waals surface area contributed by atoms with E-state index in [1.165, 1.54) is 6.20 Å². The number of aliphatic carboxylic acids is 1. The molecule has 0 fully saturated rings. The average Bonchev–Trinajstić information content (AvgIpc) is 2.11. The maximum absolute atomic E-state index is 12.5. The van der Waals surface area contributed by atoms with Gasteiger partial charge in [-0.15, -0.1) is 0 Å². The van der Waals surface area contributed by atoms with Gasteiger partial charge < -0.3 is 5.11 Å². The van der Waals surface area contributed by atoms with Crippen molar-refractivity contribution >= 4 is 28.6 Å². The summed E-state index contributed by atoms with van der Waals surface area (Å²) in [6, 6.07) is 0. The van der Waals surface area contributed by atoms with Crippen molar-refractivity contribution in [2.24, 2.45) is 0 Å². The van der Waals surface area contributed by atoms with Crippen LogP contribution in [0, 0.1) is 10.5 Å². The zero-order valence-electron chi connectivity index (χ0n) is 7.80. The number of hydrogen-bond donors (Lipinski definition) is 1. The molecule has 0 atom stereocenters. The van der Waals surface area contributed by atoms with Crippen LogP contribution in [0.25, 0.3) is 0 Å². The quantitative estimate of drug-likeness (QED) is 0.868. The number of rotatable bonds is 3. The smallest absolute Gasteiger partial charge is 0.307 e. The molecule has 0 aromatic carbocycles. The molecule has 0 saturated carbocycles. The van der Waals surface area contributed by atoms with Gasteiger partial charge in [-0.05, 0) is 40.6 Å². The van der Waals surface area contributed by atoms with Crippen molar-refractivity contribution in [1.29, 1.82) is 0 Å². The highest BCUT2D eigenvalue weighted by Gasteiger charge is 2.18. The lowest BCUT2D eigenvalue weighted by molar-refractivity contribution is -0.136. The molecule has 1 N–H and O–H groups in total. The first-order chi connectivity index (χ1) is 6.93. The van der Waals surface area contributed by atoms with E-state index in [4.69, 9.17) is 5.11 Å². The van der Waals surface area contributed by atoms with Crippen LogP contribution in [-0.4, -0.2) is 16.1 Å². The number of pyridine rings is 1. The predicted molar refractivity (Wildman–Crippen MR) is 58.0 cm³/mol. The molecule has 1 heterocycles. The molecule has 0 aliphatic rings. The number of aromatic nitrogens is 1. The molecule has 0 aliphatic carbocycles. The van der Waals surface area contributed by atoms with Gasteiger partial charge in [-0.25, -0.2) is 8.78 Å². The van der Waals surface area contributed by atoms with E-state index < -0.39 is 12.4 Å². The molecule has 3 nitrogen and oxygen atoms in total. The molecule has 1 rings (SSSR count). The largest absolute Gasteiger partial charge is 0.481 e. The van der Waals surface area contributed by atoms with Gasteiger partial charge in [0.1, 0.15) is 5.69 Å². The first-order valence-corrected chi connectivity index (χ1v) is 5.15. The summed E-state index contributed by atoms with van der Waals surface area (Å²) in [5.74, 6) is -1.04. The Morgan fingerprint density at radius 1 is 1.67 bits per heavy atom. The molecule has 0 amide bonds. The van der Waals surface area contributed by atoms with Crippen molar-refractivity contribution in [2.75, 3.05) is 0 Å².